The molecule has 1 N–H and O–H groups in total. The summed E-state index contributed by atoms with van der Waals surface area (Å²) in [6, 6.07) is 5.20. The van der Waals surface area contributed by atoms with Crippen LogP contribution < -0.4 is 15.0 Å². The highest BCUT2D eigenvalue weighted by atomic mass is 16.5. The maximum Gasteiger partial charge on any atom is 0.253 e. The van der Waals surface area contributed by atoms with Crippen molar-refractivity contribution in [1.29, 1.82) is 0 Å². The molecule has 0 spiro atoms. The molecule has 3 heterocycles. The van der Waals surface area contributed by atoms with Gasteiger partial charge in [0.2, 0.25) is 0 Å². The van der Waals surface area contributed by atoms with E-state index < -0.39 is 0 Å². The summed E-state index contributed by atoms with van der Waals surface area (Å²) in [5, 5.41) is 13.5. The van der Waals surface area contributed by atoms with Gasteiger partial charge in [0.1, 0.15) is 6.04 Å². The SMILES string of the molecule is COc1cc2cc([C@H](c3nnnn3C(C)(C)C)N3CCN(C)CC3)c(=O)[nH]c2cc1OC. The molecule has 0 bridgehead atoms. The van der Waals surface area contributed by atoms with Gasteiger partial charge in [-0.05, 0) is 50.4 Å². The van der Waals surface area contributed by atoms with Crippen molar-refractivity contribution in [3.05, 3.63) is 39.9 Å². The first-order valence-corrected chi connectivity index (χ1v) is 10.7. The standard InChI is InChI=1S/C22H31N7O3/c1-22(2,3)29-20(24-25-26-29)19(28-9-7-27(4)8-10-28)15-11-14-12-17(31-5)18(32-6)13-16(14)23-21(15)30/h11-13,19H,7-10H2,1-6H3,(H,23,30)/t19-/m1/s1. The van der Waals surface area contributed by atoms with Gasteiger partial charge < -0.3 is 19.4 Å². The first-order valence-electron chi connectivity index (χ1n) is 10.7. The van der Waals surface area contributed by atoms with Crippen molar-refractivity contribution in [2.24, 2.45) is 0 Å². The molecule has 1 aliphatic rings. The zero-order valence-corrected chi connectivity index (χ0v) is 19.5. The minimum absolute atomic E-state index is 0.169. The largest absolute Gasteiger partial charge is 0.493 e. The van der Waals surface area contributed by atoms with E-state index in [4.69, 9.17) is 9.47 Å². The summed E-state index contributed by atoms with van der Waals surface area (Å²) in [6.07, 6.45) is 0. The summed E-state index contributed by atoms with van der Waals surface area (Å²) in [7, 11) is 5.28. The molecule has 32 heavy (non-hydrogen) atoms. The van der Waals surface area contributed by atoms with Crippen LogP contribution in [0.2, 0.25) is 0 Å². The summed E-state index contributed by atoms with van der Waals surface area (Å²) in [5.74, 6) is 1.83. The van der Waals surface area contributed by atoms with Crippen LogP contribution in [0.5, 0.6) is 11.5 Å². The topological polar surface area (TPSA) is 101 Å². The van der Waals surface area contributed by atoms with E-state index in [1.807, 2.05) is 16.8 Å². The van der Waals surface area contributed by atoms with Crippen LogP contribution in [0.15, 0.2) is 23.0 Å². The Morgan fingerprint density at radius 3 is 2.31 bits per heavy atom. The zero-order chi connectivity index (χ0) is 23.0. The number of piperazine rings is 1. The Hall–Kier alpha value is -2.98. The van der Waals surface area contributed by atoms with E-state index in [9.17, 15) is 4.79 Å². The minimum Gasteiger partial charge on any atom is -0.493 e. The van der Waals surface area contributed by atoms with Gasteiger partial charge in [0, 0.05) is 43.2 Å². The number of tetrazole rings is 1. The fourth-order valence-corrected chi connectivity index (χ4v) is 4.17. The van der Waals surface area contributed by atoms with E-state index in [1.54, 1.807) is 20.3 Å². The normalized spacial score (nSPS) is 16.9. The van der Waals surface area contributed by atoms with Crippen molar-refractivity contribution in [2.75, 3.05) is 47.4 Å². The lowest BCUT2D eigenvalue weighted by Crippen LogP contribution is -2.48. The van der Waals surface area contributed by atoms with Crippen molar-refractivity contribution >= 4 is 10.9 Å². The van der Waals surface area contributed by atoms with Gasteiger partial charge in [0.05, 0.1) is 25.3 Å². The summed E-state index contributed by atoms with van der Waals surface area (Å²) in [6.45, 7) is 9.58. The molecule has 0 saturated carbocycles. The van der Waals surface area contributed by atoms with Crippen molar-refractivity contribution in [2.45, 2.75) is 32.4 Å². The summed E-state index contributed by atoms with van der Waals surface area (Å²) < 4.78 is 12.7. The number of fused-ring (bicyclic) bond motifs is 1. The molecule has 1 aliphatic heterocycles. The van der Waals surface area contributed by atoms with Gasteiger partial charge in [0.25, 0.3) is 5.56 Å². The average molecular weight is 442 g/mol. The maximum absolute atomic E-state index is 13.3. The minimum atomic E-state index is -0.376. The quantitative estimate of drug-likeness (QED) is 0.638. The summed E-state index contributed by atoms with van der Waals surface area (Å²) in [4.78, 5) is 20.9. The number of aromatic nitrogens is 5. The maximum atomic E-state index is 13.3. The highest BCUT2D eigenvalue weighted by Crippen LogP contribution is 2.34. The Labute approximate surface area is 187 Å². The second-order valence-corrected chi connectivity index (χ2v) is 9.21. The van der Waals surface area contributed by atoms with E-state index in [-0.39, 0.29) is 17.1 Å². The number of H-pyrrole nitrogens is 1. The number of methoxy groups -OCH3 is 2. The number of likely N-dealkylation sites (N-methyl/N-ethyl adjacent to an activating group) is 1. The Balaban J connectivity index is 1.90. The van der Waals surface area contributed by atoms with Crippen LogP contribution in [-0.2, 0) is 5.54 Å². The van der Waals surface area contributed by atoms with Gasteiger partial charge in [-0.25, -0.2) is 4.68 Å². The van der Waals surface area contributed by atoms with Gasteiger partial charge >= 0.3 is 0 Å². The number of nitrogens with zero attached hydrogens (tertiary/aromatic N) is 6. The van der Waals surface area contributed by atoms with E-state index in [0.717, 1.165) is 31.6 Å². The third-order valence-electron chi connectivity index (χ3n) is 5.95. The first-order chi connectivity index (χ1) is 15.2. The summed E-state index contributed by atoms with van der Waals surface area (Å²) in [5.41, 5.74) is 0.791. The number of rotatable bonds is 5. The molecule has 1 fully saturated rings. The molecule has 2 aromatic heterocycles. The van der Waals surface area contributed by atoms with Gasteiger partial charge in [-0.1, -0.05) is 0 Å². The molecule has 1 saturated heterocycles. The van der Waals surface area contributed by atoms with Crippen LogP contribution in [0.1, 0.15) is 38.2 Å². The van der Waals surface area contributed by atoms with Crippen molar-refractivity contribution in [1.82, 2.24) is 35.0 Å². The predicted molar refractivity (Wildman–Crippen MR) is 121 cm³/mol. The molecule has 172 valence electrons. The van der Waals surface area contributed by atoms with Crippen LogP contribution in [0.3, 0.4) is 0 Å². The lowest BCUT2D eigenvalue weighted by molar-refractivity contribution is 0.118. The molecule has 0 aliphatic carbocycles. The lowest BCUT2D eigenvalue weighted by atomic mass is 10.0. The van der Waals surface area contributed by atoms with E-state index in [0.29, 0.717) is 28.4 Å². The highest BCUT2D eigenvalue weighted by molar-refractivity contribution is 5.83. The number of aromatic amines is 1. The van der Waals surface area contributed by atoms with Gasteiger partial charge in [-0.2, -0.15) is 0 Å². The van der Waals surface area contributed by atoms with E-state index >= 15 is 0 Å². The Bertz CT molecular complexity index is 1160. The number of ether oxygens (including phenoxy) is 2. The molecule has 10 nitrogen and oxygen atoms in total. The number of hydrogen-bond acceptors (Lipinski definition) is 8. The Morgan fingerprint density at radius 1 is 1.03 bits per heavy atom. The van der Waals surface area contributed by atoms with Crippen molar-refractivity contribution in [3.8, 4) is 11.5 Å². The molecule has 3 aromatic rings. The Morgan fingerprint density at radius 2 is 1.69 bits per heavy atom. The van der Waals surface area contributed by atoms with Gasteiger partial charge in [-0.15, -0.1) is 5.10 Å². The van der Waals surface area contributed by atoms with Crippen molar-refractivity contribution in [3.63, 3.8) is 0 Å². The molecule has 0 unspecified atom stereocenters. The number of pyridine rings is 1. The fraction of sp³-hybridized carbons (Fsp3) is 0.545. The highest BCUT2D eigenvalue weighted by Gasteiger charge is 2.34. The molecular weight excluding hydrogens is 410 g/mol. The van der Waals surface area contributed by atoms with Crippen LogP contribution in [-0.4, -0.2) is 82.4 Å². The van der Waals surface area contributed by atoms with E-state index in [2.05, 4.69) is 58.1 Å². The molecule has 4 rings (SSSR count). The molecule has 0 amide bonds. The molecule has 10 heteroatoms. The third kappa shape index (κ3) is 4.07. The van der Waals surface area contributed by atoms with Crippen molar-refractivity contribution < 1.29 is 9.47 Å². The molecule has 1 aromatic carbocycles. The predicted octanol–water partition coefficient (Wildman–Crippen LogP) is 1.62. The monoisotopic (exact) mass is 441 g/mol. The Kier molecular flexibility index (Phi) is 5.91. The lowest BCUT2D eigenvalue weighted by Gasteiger charge is -2.38. The molecular formula is C22H31N7O3. The van der Waals surface area contributed by atoms with E-state index in [1.165, 1.54) is 0 Å². The molecule has 0 radical (unpaired) electrons. The smallest absolute Gasteiger partial charge is 0.253 e. The number of hydrogen-bond donors (Lipinski definition) is 1. The molecule has 1 atom stereocenters. The second kappa shape index (κ2) is 8.51. The van der Waals surface area contributed by atoms with Crippen LogP contribution >= 0.6 is 0 Å². The van der Waals surface area contributed by atoms with Crippen LogP contribution in [0.4, 0.5) is 0 Å². The average Bonchev–Trinajstić information content (AvgIpc) is 3.25. The first kappa shape index (κ1) is 22.2. The zero-order valence-electron chi connectivity index (χ0n) is 19.5. The summed E-state index contributed by atoms with van der Waals surface area (Å²) >= 11 is 0. The van der Waals surface area contributed by atoms with Gasteiger partial charge in [-0.3, -0.25) is 9.69 Å². The fourth-order valence-electron chi connectivity index (χ4n) is 4.17. The second-order valence-electron chi connectivity index (χ2n) is 9.21. The number of nitrogens with one attached hydrogen (secondary N) is 1. The van der Waals surface area contributed by atoms with Gasteiger partial charge in [0.15, 0.2) is 17.3 Å². The third-order valence-corrected chi connectivity index (χ3v) is 5.95. The number of benzene rings is 1. The van der Waals surface area contributed by atoms with Crippen LogP contribution in [0, 0.1) is 0 Å². The van der Waals surface area contributed by atoms with Crippen LogP contribution in [0.25, 0.3) is 10.9 Å².